The van der Waals surface area contributed by atoms with E-state index in [1.165, 1.54) is 13.1 Å². The lowest BCUT2D eigenvalue weighted by Crippen LogP contribution is -1.97. The third kappa shape index (κ3) is 3.35. The first-order valence-corrected chi connectivity index (χ1v) is 5.11. The molecule has 1 rings (SSSR count). The Morgan fingerprint density at radius 2 is 2.12 bits per heavy atom. The van der Waals surface area contributed by atoms with Crippen LogP contribution in [0, 0.1) is 0 Å². The largest absolute Gasteiger partial charge is 0.439 e. The number of rotatable bonds is 4. The van der Waals surface area contributed by atoms with E-state index < -0.39 is 0 Å². The van der Waals surface area contributed by atoms with Gasteiger partial charge in [0.05, 0.1) is 0 Å². The molecule has 1 heterocycles. The van der Waals surface area contributed by atoms with Crippen molar-refractivity contribution in [3.05, 3.63) is 47.9 Å². The van der Waals surface area contributed by atoms with Gasteiger partial charge in [-0.2, -0.15) is 0 Å². The number of ketones is 1. The maximum Gasteiger partial charge on any atom is 0.219 e. The van der Waals surface area contributed by atoms with Crippen LogP contribution in [-0.2, 0) is 0 Å². The second-order valence-electron chi connectivity index (χ2n) is 3.23. The second kappa shape index (κ2) is 5.85. The van der Waals surface area contributed by atoms with Crippen molar-refractivity contribution < 1.29 is 9.53 Å². The van der Waals surface area contributed by atoms with E-state index in [-0.39, 0.29) is 5.78 Å². The molecule has 0 aliphatic heterocycles. The Morgan fingerprint density at radius 3 is 2.56 bits per heavy atom. The van der Waals surface area contributed by atoms with Crippen LogP contribution in [-0.4, -0.2) is 10.8 Å². The summed E-state index contributed by atoms with van der Waals surface area (Å²) in [6.07, 6.45) is 7.10. The van der Waals surface area contributed by atoms with Crippen LogP contribution in [0.4, 0.5) is 0 Å². The van der Waals surface area contributed by atoms with E-state index in [2.05, 4.69) is 4.98 Å². The molecule has 0 aliphatic rings. The fraction of sp³-hybridized carbons (Fsp3) is 0.231. The van der Waals surface area contributed by atoms with E-state index in [4.69, 9.17) is 4.74 Å². The Bertz CT molecular complexity index is 416. The Kier molecular flexibility index (Phi) is 4.45. The van der Waals surface area contributed by atoms with Crippen molar-refractivity contribution in [2.45, 2.75) is 20.8 Å². The average Bonchev–Trinajstić information content (AvgIpc) is 2.29. The number of aromatic nitrogens is 1. The molecule has 1 aromatic rings. The van der Waals surface area contributed by atoms with Crippen LogP contribution in [0.1, 0.15) is 31.1 Å². The molecule has 0 saturated heterocycles. The van der Waals surface area contributed by atoms with Gasteiger partial charge in [0.2, 0.25) is 5.88 Å². The van der Waals surface area contributed by atoms with E-state index in [0.717, 1.165) is 5.76 Å². The van der Waals surface area contributed by atoms with E-state index in [0.29, 0.717) is 11.4 Å². The number of Topliss-reactive ketones (excluding diaryl/α,β-unsaturated/α-hetero) is 1. The van der Waals surface area contributed by atoms with Gasteiger partial charge in [-0.05, 0) is 39.0 Å². The predicted molar refractivity (Wildman–Crippen MR) is 63.4 cm³/mol. The molecule has 0 amide bonds. The van der Waals surface area contributed by atoms with Crippen LogP contribution < -0.4 is 4.74 Å². The van der Waals surface area contributed by atoms with Crippen LogP contribution in [0.2, 0.25) is 0 Å². The van der Waals surface area contributed by atoms with Crippen LogP contribution >= 0.6 is 0 Å². The smallest absolute Gasteiger partial charge is 0.219 e. The van der Waals surface area contributed by atoms with Crippen LogP contribution in [0.25, 0.3) is 0 Å². The molecule has 0 unspecified atom stereocenters. The van der Waals surface area contributed by atoms with E-state index in [1.807, 2.05) is 32.1 Å². The number of carbonyl (C=O) groups excluding carboxylic acids is 1. The summed E-state index contributed by atoms with van der Waals surface area (Å²) in [4.78, 5) is 15.1. The molecule has 16 heavy (non-hydrogen) atoms. The van der Waals surface area contributed by atoms with E-state index in [9.17, 15) is 4.79 Å². The average molecular weight is 217 g/mol. The molecule has 0 radical (unpaired) electrons. The quantitative estimate of drug-likeness (QED) is 0.442. The summed E-state index contributed by atoms with van der Waals surface area (Å²) in [5, 5.41) is 0. The SMILES string of the molecule is C/C=C\C(=C/C)Oc1ccc(C(C)=O)cn1. The zero-order valence-corrected chi connectivity index (χ0v) is 9.73. The number of hydrogen-bond donors (Lipinski definition) is 0. The first-order valence-electron chi connectivity index (χ1n) is 5.11. The van der Waals surface area contributed by atoms with E-state index in [1.54, 1.807) is 12.1 Å². The molecule has 0 saturated carbocycles. The summed E-state index contributed by atoms with van der Waals surface area (Å²) in [6, 6.07) is 3.39. The molecule has 0 atom stereocenters. The van der Waals surface area contributed by atoms with Crippen molar-refractivity contribution in [1.29, 1.82) is 0 Å². The van der Waals surface area contributed by atoms with Gasteiger partial charge in [-0.1, -0.05) is 6.08 Å². The maximum absolute atomic E-state index is 11.0. The zero-order valence-electron chi connectivity index (χ0n) is 9.73. The summed E-state index contributed by atoms with van der Waals surface area (Å²) >= 11 is 0. The Hall–Kier alpha value is -1.90. The first-order chi connectivity index (χ1) is 7.67. The topological polar surface area (TPSA) is 39.2 Å². The predicted octanol–water partition coefficient (Wildman–Crippen LogP) is 3.14. The lowest BCUT2D eigenvalue weighted by Gasteiger charge is -2.04. The molecule has 0 fully saturated rings. The third-order valence-corrected chi connectivity index (χ3v) is 1.98. The van der Waals surface area contributed by atoms with Crippen molar-refractivity contribution in [3.63, 3.8) is 0 Å². The molecule has 1 aromatic heterocycles. The first kappa shape index (κ1) is 12.2. The van der Waals surface area contributed by atoms with Gasteiger partial charge >= 0.3 is 0 Å². The molecule has 0 spiro atoms. The number of pyridine rings is 1. The summed E-state index contributed by atoms with van der Waals surface area (Å²) in [6.45, 7) is 5.31. The number of ether oxygens (including phenoxy) is 1. The molecule has 0 N–H and O–H groups in total. The summed E-state index contributed by atoms with van der Waals surface area (Å²) in [5.74, 6) is 1.21. The normalized spacial score (nSPS) is 11.8. The molecule has 3 heteroatoms. The van der Waals surface area contributed by atoms with E-state index >= 15 is 0 Å². The van der Waals surface area contributed by atoms with Crippen molar-refractivity contribution >= 4 is 5.78 Å². The Balaban J connectivity index is 2.79. The van der Waals surface area contributed by atoms with Gasteiger partial charge in [-0.25, -0.2) is 4.98 Å². The number of nitrogens with zero attached hydrogens (tertiary/aromatic N) is 1. The van der Waals surface area contributed by atoms with Gasteiger partial charge < -0.3 is 4.74 Å². The van der Waals surface area contributed by atoms with Crippen LogP contribution in [0.15, 0.2) is 42.3 Å². The van der Waals surface area contributed by atoms with Crippen molar-refractivity contribution in [3.8, 4) is 5.88 Å². The third-order valence-electron chi connectivity index (χ3n) is 1.98. The zero-order chi connectivity index (χ0) is 12.0. The summed E-state index contributed by atoms with van der Waals surface area (Å²) in [5.41, 5.74) is 0.584. The highest BCUT2D eigenvalue weighted by atomic mass is 16.5. The molecule has 0 bridgehead atoms. The molecular weight excluding hydrogens is 202 g/mol. The minimum absolute atomic E-state index is 0.00115. The molecule has 0 aliphatic carbocycles. The van der Waals surface area contributed by atoms with Crippen molar-refractivity contribution in [2.75, 3.05) is 0 Å². The molecular formula is C13H15NO2. The lowest BCUT2D eigenvalue weighted by atomic mass is 10.2. The highest BCUT2D eigenvalue weighted by molar-refractivity contribution is 5.93. The van der Waals surface area contributed by atoms with Gasteiger partial charge in [0.15, 0.2) is 5.78 Å². The Morgan fingerprint density at radius 1 is 1.38 bits per heavy atom. The van der Waals surface area contributed by atoms with Gasteiger partial charge in [0, 0.05) is 17.8 Å². The maximum atomic E-state index is 11.0. The van der Waals surface area contributed by atoms with Crippen LogP contribution in [0.3, 0.4) is 0 Å². The molecule has 84 valence electrons. The van der Waals surface area contributed by atoms with Gasteiger partial charge in [0.1, 0.15) is 5.76 Å². The second-order valence-corrected chi connectivity index (χ2v) is 3.23. The molecule has 0 aromatic carbocycles. The Labute approximate surface area is 95.5 Å². The van der Waals surface area contributed by atoms with Gasteiger partial charge in [-0.15, -0.1) is 0 Å². The highest BCUT2D eigenvalue weighted by Crippen LogP contribution is 2.12. The number of carbonyl (C=O) groups is 1. The summed E-state index contributed by atoms with van der Waals surface area (Å²) < 4.78 is 5.49. The minimum Gasteiger partial charge on any atom is -0.439 e. The highest BCUT2D eigenvalue weighted by Gasteiger charge is 2.01. The fourth-order valence-electron chi connectivity index (χ4n) is 1.12. The van der Waals surface area contributed by atoms with Crippen molar-refractivity contribution in [1.82, 2.24) is 4.98 Å². The van der Waals surface area contributed by atoms with Crippen LogP contribution in [0.5, 0.6) is 5.88 Å². The minimum atomic E-state index is -0.00115. The molecule has 3 nitrogen and oxygen atoms in total. The van der Waals surface area contributed by atoms with Crippen molar-refractivity contribution in [2.24, 2.45) is 0 Å². The summed E-state index contributed by atoms with van der Waals surface area (Å²) in [7, 11) is 0. The number of hydrogen-bond acceptors (Lipinski definition) is 3. The standard InChI is InChI=1S/C13H15NO2/c1-4-6-12(5-2)16-13-8-7-11(9-14-13)10(3)15/h4-9H,1-3H3/b6-4-,12-5+. The lowest BCUT2D eigenvalue weighted by molar-refractivity contribution is 0.101. The number of allylic oxidation sites excluding steroid dienone is 3. The monoisotopic (exact) mass is 217 g/mol. The van der Waals surface area contributed by atoms with Gasteiger partial charge in [0.25, 0.3) is 0 Å². The fourth-order valence-corrected chi connectivity index (χ4v) is 1.12. The van der Waals surface area contributed by atoms with Gasteiger partial charge in [-0.3, -0.25) is 4.79 Å².